The minimum atomic E-state index is -0.872. The van der Waals surface area contributed by atoms with E-state index in [9.17, 15) is 4.79 Å². The maximum absolute atomic E-state index is 10.8. The van der Waals surface area contributed by atoms with Crippen LogP contribution in [0.3, 0.4) is 0 Å². The Kier molecular flexibility index (Phi) is 19.5. The van der Waals surface area contributed by atoms with E-state index >= 15 is 0 Å². The van der Waals surface area contributed by atoms with Gasteiger partial charge in [-0.15, -0.1) is 0 Å². The van der Waals surface area contributed by atoms with Crippen molar-refractivity contribution in [3.8, 4) is 0 Å². The number of aromatic carboxylic acids is 1. The van der Waals surface area contributed by atoms with Crippen molar-refractivity contribution in [1.82, 2.24) is 0 Å². The van der Waals surface area contributed by atoms with Crippen LogP contribution in [0.4, 0.5) is 5.69 Å². The summed E-state index contributed by atoms with van der Waals surface area (Å²) < 4.78 is 0. The molecule has 27 heavy (non-hydrogen) atoms. The van der Waals surface area contributed by atoms with Gasteiger partial charge in [0.15, 0.2) is 0 Å². The molecular weight excluding hydrogens is 361 g/mol. The molecule has 0 amide bonds. The van der Waals surface area contributed by atoms with Crippen molar-refractivity contribution in [3.63, 3.8) is 0 Å². The van der Waals surface area contributed by atoms with Crippen LogP contribution in [0.1, 0.15) is 109 Å². The van der Waals surface area contributed by atoms with Gasteiger partial charge in [0.1, 0.15) is 0 Å². The summed E-state index contributed by atoms with van der Waals surface area (Å²) in [5.41, 5.74) is 1.34. The molecule has 0 aliphatic rings. The molecule has 0 bridgehead atoms. The second-order valence-electron chi connectivity index (χ2n) is 7.41. The summed E-state index contributed by atoms with van der Waals surface area (Å²) in [6.07, 6.45) is 19.3. The van der Waals surface area contributed by atoms with E-state index in [1.807, 2.05) is 12.1 Å². The van der Waals surface area contributed by atoms with E-state index in [0.717, 1.165) is 12.2 Å². The van der Waals surface area contributed by atoms with Crippen LogP contribution < -0.4 is 56.7 Å². The molecular formula is C23H40KNO2. The predicted octanol–water partition coefficient (Wildman–Crippen LogP) is 4.39. The average molecular weight is 402 g/mol. The summed E-state index contributed by atoms with van der Waals surface area (Å²) >= 11 is 0. The number of nitrogens with one attached hydrogen (secondary N) is 1. The number of rotatable bonds is 17. The fourth-order valence-corrected chi connectivity index (χ4v) is 3.28. The molecule has 0 unspecified atom stereocenters. The molecule has 150 valence electrons. The van der Waals surface area contributed by atoms with Crippen molar-refractivity contribution in [2.24, 2.45) is 0 Å². The third-order valence-corrected chi connectivity index (χ3v) is 4.99. The molecule has 0 atom stereocenters. The van der Waals surface area contributed by atoms with Crippen LogP contribution in [-0.4, -0.2) is 17.6 Å². The fraction of sp³-hybridized carbons (Fsp3) is 0.696. The van der Waals surface area contributed by atoms with Gasteiger partial charge in [0.2, 0.25) is 0 Å². The summed E-state index contributed by atoms with van der Waals surface area (Å²) in [4.78, 5) is 10.8. The van der Waals surface area contributed by atoms with Crippen molar-refractivity contribution < 1.29 is 62.7 Å². The van der Waals surface area contributed by atoms with Gasteiger partial charge in [-0.2, -0.15) is 0 Å². The minimum Gasteiger partial charge on any atom is -1.00 e. The molecule has 4 heteroatoms. The molecule has 0 aliphatic heterocycles. The van der Waals surface area contributed by atoms with Gasteiger partial charge in [0, 0.05) is 12.2 Å². The Bertz CT molecular complexity index is 468. The maximum Gasteiger partial charge on any atom is 1.00 e. The number of carboxylic acids is 1. The number of hydrogen-bond acceptors (Lipinski definition) is 2. The molecule has 0 fully saturated rings. The third kappa shape index (κ3) is 15.7. The smallest absolute Gasteiger partial charge is 1.00 e. The molecule has 1 rings (SSSR count). The van der Waals surface area contributed by atoms with Crippen molar-refractivity contribution in [3.05, 3.63) is 29.8 Å². The molecule has 2 N–H and O–H groups in total. The first kappa shape index (κ1) is 27.1. The van der Waals surface area contributed by atoms with Crippen LogP contribution in [0.5, 0.6) is 0 Å². The van der Waals surface area contributed by atoms with Crippen molar-refractivity contribution in [1.29, 1.82) is 0 Å². The first-order valence-corrected chi connectivity index (χ1v) is 10.8. The topological polar surface area (TPSA) is 49.3 Å². The summed E-state index contributed by atoms with van der Waals surface area (Å²) in [6.45, 7) is 3.24. The molecule has 0 aromatic heterocycles. The Balaban J connectivity index is 0. The normalized spacial score (nSPS) is 10.4. The van der Waals surface area contributed by atoms with Gasteiger partial charge >= 0.3 is 57.4 Å². The van der Waals surface area contributed by atoms with Gasteiger partial charge in [-0.1, -0.05) is 90.4 Å². The second kappa shape index (κ2) is 19.4. The number of anilines is 1. The fourth-order valence-electron chi connectivity index (χ4n) is 3.28. The Labute approximate surface area is 211 Å². The zero-order valence-electron chi connectivity index (χ0n) is 18.8. The first-order valence-electron chi connectivity index (χ1n) is 10.8. The van der Waals surface area contributed by atoms with E-state index < -0.39 is 5.97 Å². The van der Waals surface area contributed by atoms with Crippen LogP contribution in [0.15, 0.2) is 24.3 Å². The quantitative estimate of drug-likeness (QED) is 0.300. The Morgan fingerprint density at radius 1 is 0.778 bits per heavy atom. The van der Waals surface area contributed by atoms with Crippen LogP contribution in [0.2, 0.25) is 0 Å². The molecule has 0 heterocycles. The van der Waals surface area contributed by atoms with Crippen LogP contribution >= 0.6 is 0 Å². The minimum absolute atomic E-state index is 0. The molecule has 3 nitrogen and oxygen atoms in total. The van der Waals surface area contributed by atoms with E-state index in [0.29, 0.717) is 5.56 Å². The molecule has 0 radical (unpaired) electrons. The molecule has 0 saturated carbocycles. The molecule has 0 spiro atoms. The number of hydrogen-bond donors (Lipinski definition) is 2. The Hall–Kier alpha value is 0.126. The number of benzene rings is 1. The Morgan fingerprint density at radius 3 is 1.59 bits per heavy atom. The first-order chi connectivity index (χ1) is 12.7. The van der Waals surface area contributed by atoms with Crippen molar-refractivity contribution in [2.75, 3.05) is 11.9 Å². The van der Waals surface area contributed by atoms with Gasteiger partial charge < -0.3 is 11.8 Å². The number of unbranched alkanes of at least 4 members (excludes halogenated alkanes) is 13. The van der Waals surface area contributed by atoms with Gasteiger partial charge in [-0.3, -0.25) is 0 Å². The van der Waals surface area contributed by atoms with Crippen molar-refractivity contribution >= 4 is 11.7 Å². The summed E-state index contributed by atoms with van der Waals surface area (Å²) in [7, 11) is 0. The van der Waals surface area contributed by atoms with Gasteiger partial charge in [-0.05, 0) is 30.7 Å². The van der Waals surface area contributed by atoms with Gasteiger partial charge in [-0.25, -0.2) is 4.79 Å². The Morgan fingerprint density at radius 2 is 1.19 bits per heavy atom. The van der Waals surface area contributed by atoms with Gasteiger partial charge in [0.05, 0.1) is 5.56 Å². The molecule has 1 aromatic rings. The van der Waals surface area contributed by atoms with E-state index in [4.69, 9.17) is 5.11 Å². The van der Waals surface area contributed by atoms with E-state index in [-0.39, 0.29) is 52.8 Å². The number of carboxylic acid groups (broad SMARTS) is 1. The zero-order chi connectivity index (χ0) is 18.9. The van der Waals surface area contributed by atoms with Crippen molar-refractivity contribution in [2.45, 2.75) is 96.8 Å². The summed E-state index contributed by atoms with van der Waals surface area (Å²) in [6, 6.07) is 6.98. The van der Waals surface area contributed by atoms with Crippen LogP contribution in [0.25, 0.3) is 0 Å². The second-order valence-corrected chi connectivity index (χ2v) is 7.41. The molecule has 0 aliphatic carbocycles. The SMILES string of the molecule is CCCCCCCCCCCCCCCCNc1ccc(C(=O)O)cc1.[H-].[K+]. The van der Waals surface area contributed by atoms with Crippen LogP contribution in [-0.2, 0) is 0 Å². The third-order valence-electron chi connectivity index (χ3n) is 4.99. The van der Waals surface area contributed by atoms with Gasteiger partial charge in [0.25, 0.3) is 0 Å². The predicted molar refractivity (Wildman–Crippen MR) is 113 cm³/mol. The summed E-state index contributed by atoms with van der Waals surface area (Å²) in [5, 5.41) is 12.2. The molecule has 1 aromatic carbocycles. The standard InChI is InChI=1S/C23H39NO2.K.H/c1-2-3-4-5-6-7-8-9-10-11-12-13-14-15-20-24-22-18-16-21(17-19-22)23(25)26;;/h16-19,24H,2-15,20H2,1H3,(H,25,26);;/q;+1;-1. The van der Waals surface area contributed by atoms with E-state index in [1.54, 1.807) is 12.1 Å². The average Bonchev–Trinajstić information content (AvgIpc) is 2.65. The zero-order valence-corrected chi connectivity index (χ0v) is 20.9. The van der Waals surface area contributed by atoms with E-state index in [2.05, 4.69) is 12.2 Å². The van der Waals surface area contributed by atoms with E-state index in [1.165, 1.54) is 89.9 Å². The number of carbonyl (C=O) groups is 1. The molecule has 0 saturated heterocycles. The summed E-state index contributed by atoms with van der Waals surface area (Å²) in [5.74, 6) is -0.872. The largest absolute Gasteiger partial charge is 1.00 e. The van der Waals surface area contributed by atoms with Crippen LogP contribution in [0, 0.1) is 0 Å². The maximum atomic E-state index is 10.8. The monoisotopic (exact) mass is 401 g/mol.